The molecule has 0 radical (unpaired) electrons. The lowest BCUT2D eigenvalue weighted by Gasteiger charge is -2.19. The Morgan fingerprint density at radius 3 is 2.47 bits per heavy atom. The molecule has 0 saturated carbocycles. The first kappa shape index (κ1) is 14.3. The van der Waals surface area contributed by atoms with Crippen molar-refractivity contribution in [2.75, 3.05) is 12.8 Å². The first-order valence-electron chi connectivity index (χ1n) is 5.14. The molecule has 0 fully saturated rings. The summed E-state index contributed by atoms with van der Waals surface area (Å²) in [5.74, 6) is 0.540. The van der Waals surface area contributed by atoms with Crippen molar-refractivity contribution in [3.63, 3.8) is 0 Å². The van der Waals surface area contributed by atoms with E-state index in [1.165, 1.54) is 11.8 Å². The summed E-state index contributed by atoms with van der Waals surface area (Å²) in [6.07, 6.45) is 0.988. The van der Waals surface area contributed by atoms with E-state index < -0.39 is 0 Å². The molecule has 5 heteroatoms. The summed E-state index contributed by atoms with van der Waals surface area (Å²) in [6, 6.07) is 0. The Labute approximate surface area is 95.5 Å². The summed E-state index contributed by atoms with van der Waals surface area (Å²) in [5, 5.41) is 15.2. The van der Waals surface area contributed by atoms with Crippen LogP contribution in [0.1, 0.15) is 27.2 Å². The summed E-state index contributed by atoms with van der Waals surface area (Å²) in [6.45, 7) is 5.93. The lowest BCUT2D eigenvalue weighted by atomic mass is 9.96. The summed E-state index contributed by atoms with van der Waals surface area (Å²) in [4.78, 5) is 11.6. The van der Waals surface area contributed by atoms with Gasteiger partial charge in [-0.15, -0.1) is 11.8 Å². The SMILES string of the molecule is CCCSC(=NO)C(C(=O)NC)C(C)C. The van der Waals surface area contributed by atoms with E-state index in [0.717, 1.165) is 12.2 Å². The molecular weight excluding hydrogens is 212 g/mol. The number of carbonyl (C=O) groups is 1. The maximum atomic E-state index is 11.6. The highest BCUT2D eigenvalue weighted by atomic mass is 32.2. The Balaban J connectivity index is 4.64. The normalized spacial score (nSPS) is 14.1. The zero-order valence-electron chi connectivity index (χ0n) is 9.78. The smallest absolute Gasteiger partial charge is 0.229 e. The molecule has 2 N–H and O–H groups in total. The molecule has 1 atom stereocenters. The second-order valence-corrected chi connectivity index (χ2v) is 4.74. The third-order valence-electron chi connectivity index (χ3n) is 2.01. The Morgan fingerprint density at radius 2 is 2.13 bits per heavy atom. The van der Waals surface area contributed by atoms with Crippen molar-refractivity contribution in [3.8, 4) is 0 Å². The van der Waals surface area contributed by atoms with E-state index >= 15 is 0 Å². The largest absolute Gasteiger partial charge is 0.410 e. The molecule has 0 aliphatic heterocycles. The van der Waals surface area contributed by atoms with E-state index in [-0.39, 0.29) is 17.7 Å². The predicted molar refractivity (Wildman–Crippen MR) is 64.4 cm³/mol. The van der Waals surface area contributed by atoms with Gasteiger partial charge in [0.2, 0.25) is 5.91 Å². The van der Waals surface area contributed by atoms with Crippen LogP contribution in [-0.2, 0) is 4.79 Å². The molecule has 1 unspecified atom stereocenters. The van der Waals surface area contributed by atoms with Gasteiger partial charge in [-0.2, -0.15) is 0 Å². The second-order valence-electron chi connectivity index (χ2n) is 3.62. The first-order valence-corrected chi connectivity index (χ1v) is 6.13. The molecule has 88 valence electrons. The number of rotatable bonds is 5. The topological polar surface area (TPSA) is 61.7 Å². The van der Waals surface area contributed by atoms with Crippen molar-refractivity contribution >= 4 is 22.7 Å². The third-order valence-corrected chi connectivity index (χ3v) is 3.26. The van der Waals surface area contributed by atoms with Crippen LogP contribution in [0.3, 0.4) is 0 Å². The highest BCUT2D eigenvalue weighted by Gasteiger charge is 2.27. The zero-order valence-corrected chi connectivity index (χ0v) is 10.6. The molecule has 0 aliphatic rings. The van der Waals surface area contributed by atoms with E-state index in [9.17, 15) is 4.79 Å². The van der Waals surface area contributed by atoms with Crippen molar-refractivity contribution in [2.24, 2.45) is 17.0 Å². The summed E-state index contributed by atoms with van der Waals surface area (Å²) < 4.78 is 0. The molecule has 0 rings (SSSR count). The van der Waals surface area contributed by atoms with Crippen LogP contribution < -0.4 is 5.32 Å². The highest BCUT2D eigenvalue weighted by molar-refractivity contribution is 8.14. The van der Waals surface area contributed by atoms with Crippen molar-refractivity contribution in [1.29, 1.82) is 0 Å². The van der Waals surface area contributed by atoms with Crippen LogP contribution in [0.25, 0.3) is 0 Å². The molecule has 0 spiro atoms. The van der Waals surface area contributed by atoms with Gasteiger partial charge in [0, 0.05) is 7.05 Å². The van der Waals surface area contributed by atoms with E-state index in [0.29, 0.717) is 5.04 Å². The van der Waals surface area contributed by atoms with Gasteiger partial charge < -0.3 is 10.5 Å². The maximum Gasteiger partial charge on any atom is 0.229 e. The average Bonchev–Trinajstić information content (AvgIpc) is 2.22. The van der Waals surface area contributed by atoms with Crippen LogP contribution in [0.15, 0.2) is 5.16 Å². The third kappa shape index (κ3) is 4.55. The van der Waals surface area contributed by atoms with Crippen molar-refractivity contribution in [1.82, 2.24) is 5.32 Å². The fourth-order valence-corrected chi connectivity index (χ4v) is 2.27. The molecule has 0 saturated heterocycles. The number of carbonyl (C=O) groups excluding carboxylic acids is 1. The molecule has 0 bridgehead atoms. The van der Waals surface area contributed by atoms with Crippen LogP contribution in [0.2, 0.25) is 0 Å². The Morgan fingerprint density at radius 1 is 1.53 bits per heavy atom. The van der Waals surface area contributed by atoms with E-state index in [1.54, 1.807) is 7.05 Å². The number of oxime groups is 1. The maximum absolute atomic E-state index is 11.6. The molecule has 1 amide bonds. The van der Waals surface area contributed by atoms with Crippen molar-refractivity contribution < 1.29 is 10.0 Å². The van der Waals surface area contributed by atoms with Gasteiger partial charge in [0.15, 0.2) is 0 Å². The van der Waals surface area contributed by atoms with Crippen molar-refractivity contribution in [3.05, 3.63) is 0 Å². The van der Waals surface area contributed by atoms with Gasteiger partial charge in [-0.25, -0.2) is 0 Å². The van der Waals surface area contributed by atoms with Gasteiger partial charge in [-0.05, 0) is 18.1 Å². The molecule has 0 aromatic heterocycles. The number of nitrogens with zero attached hydrogens (tertiary/aromatic N) is 1. The number of hydrogen-bond acceptors (Lipinski definition) is 4. The zero-order chi connectivity index (χ0) is 11.8. The molecule has 0 aliphatic carbocycles. The standard InChI is InChI=1S/C10H20N2O2S/c1-5-6-15-10(12-14)8(7(2)3)9(13)11-4/h7-8,14H,5-6H2,1-4H3,(H,11,13). The molecule has 0 aromatic carbocycles. The molecule has 15 heavy (non-hydrogen) atoms. The average molecular weight is 232 g/mol. The number of hydrogen-bond donors (Lipinski definition) is 2. The highest BCUT2D eigenvalue weighted by Crippen LogP contribution is 2.21. The van der Waals surface area contributed by atoms with Crippen LogP contribution >= 0.6 is 11.8 Å². The van der Waals surface area contributed by atoms with Crippen LogP contribution in [-0.4, -0.2) is 29.0 Å². The van der Waals surface area contributed by atoms with E-state index in [2.05, 4.69) is 10.5 Å². The van der Waals surface area contributed by atoms with Crippen molar-refractivity contribution in [2.45, 2.75) is 27.2 Å². The van der Waals surface area contributed by atoms with Crippen LogP contribution in [0, 0.1) is 11.8 Å². The Hall–Kier alpha value is -0.710. The van der Waals surface area contributed by atoms with E-state index in [4.69, 9.17) is 5.21 Å². The quantitative estimate of drug-likeness (QED) is 0.329. The summed E-state index contributed by atoms with van der Waals surface area (Å²) in [5.41, 5.74) is 0. The summed E-state index contributed by atoms with van der Waals surface area (Å²) in [7, 11) is 1.59. The minimum atomic E-state index is -0.350. The second kappa shape index (κ2) is 7.56. The minimum Gasteiger partial charge on any atom is -0.410 e. The molecule has 0 heterocycles. The van der Waals surface area contributed by atoms with Crippen LogP contribution in [0.5, 0.6) is 0 Å². The van der Waals surface area contributed by atoms with Gasteiger partial charge in [-0.1, -0.05) is 25.9 Å². The molecular formula is C10H20N2O2S. The van der Waals surface area contributed by atoms with Gasteiger partial charge in [0.1, 0.15) is 5.04 Å². The number of amides is 1. The van der Waals surface area contributed by atoms with Gasteiger partial charge in [0.25, 0.3) is 0 Å². The molecule has 4 nitrogen and oxygen atoms in total. The Bertz CT molecular complexity index is 229. The predicted octanol–water partition coefficient (Wildman–Crippen LogP) is 1.94. The fourth-order valence-electron chi connectivity index (χ4n) is 1.24. The van der Waals surface area contributed by atoms with Gasteiger partial charge in [0.05, 0.1) is 5.92 Å². The minimum absolute atomic E-state index is 0.0959. The summed E-state index contributed by atoms with van der Waals surface area (Å²) >= 11 is 1.44. The van der Waals surface area contributed by atoms with E-state index in [1.807, 2.05) is 20.8 Å². The first-order chi connectivity index (χ1) is 7.08. The number of thioether (sulfide) groups is 1. The lowest BCUT2D eigenvalue weighted by molar-refractivity contribution is -0.123. The number of nitrogens with one attached hydrogen (secondary N) is 1. The van der Waals surface area contributed by atoms with Crippen LogP contribution in [0.4, 0.5) is 0 Å². The lowest BCUT2D eigenvalue weighted by Crippen LogP contribution is -2.35. The molecule has 0 aromatic rings. The Kier molecular flexibility index (Phi) is 7.21. The monoisotopic (exact) mass is 232 g/mol. The van der Waals surface area contributed by atoms with Gasteiger partial charge >= 0.3 is 0 Å². The van der Waals surface area contributed by atoms with Gasteiger partial charge in [-0.3, -0.25) is 4.79 Å². The fraction of sp³-hybridized carbons (Fsp3) is 0.800.